The van der Waals surface area contributed by atoms with Gasteiger partial charge in [0.15, 0.2) is 17.3 Å². The Hall–Kier alpha value is -2.20. The molecule has 156 valence electrons. The van der Waals surface area contributed by atoms with Gasteiger partial charge in [-0.05, 0) is 61.9 Å². The fraction of sp³-hybridized carbons (Fsp3) is 0.480. The summed E-state index contributed by atoms with van der Waals surface area (Å²) in [5.41, 5.74) is 2.96. The van der Waals surface area contributed by atoms with E-state index in [1.54, 1.807) is 19.9 Å². The van der Waals surface area contributed by atoms with Gasteiger partial charge in [0.05, 0.1) is 19.3 Å². The van der Waals surface area contributed by atoms with Gasteiger partial charge in [-0.3, -0.25) is 4.79 Å². The summed E-state index contributed by atoms with van der Waals surface area (Å²) >= 11 is 0. The molecule has 0 spiro atoms. The Morgan fingerprint density at radius 1 is 1.14 bits per heavy atom. The molecule has 0 N–H and O–H groups in total. The number of benzene rings is 2. The number of hydrogen-bond acceptors (Lipinski definition) is 3. The molecular formula is C25H31FO3. The second-order valence-electron chi connectivity index (χ2n) is 7.84. The first-order valence-electron chi connectivity index (χ1n) is 10.7. The maximum atomic E-state index is 14.4. The zero-order valence-corrected chi connectivity index (χ0v) is 17.7. The quantitative estimate of drug-likeness (QED) is 0.510. The molecule has 1 aliphatic rings. The Bertz CT molecular complexity index is 821. The van der Waals surface area contributed by atoms with Crippen LogP contribution in [0.3, 0.4) is 0 Å². The monoisotopic (exact) mass is 398 g/mol. The standard InChI is InChI=1S/C25H31FO3/c1-4-6-21-12-11-20(16-29-21)19-9-7-18(8-10-19)15-23(27)22-13-14-24(28-5-2)25(26)17(22)3/h7-10,13-14,20-21H,4-6,11-12,15-16H2,1-3H3. The van der Waals surface area contributed by atoms with Crippen LogP contribution in [0.2, 0.25) is 0 Å². The van der Waals surface area contributed by atoms with Gasteiger partial charge in [-0.1, -0.05) is 37.6 Å². The van der Waals surface area contributed by atoms with Gasteiger partial charge in [-0.2, -0.15) is 0 Å². The van der Waals surface area contributed by atoms with Crippen LogP contribution >= 0.6 is 0 Å². The largest absolute Gasteiger partial charge is 0.491 e. The number of carbonyl (C=O) groups excluding carboxylic acids is 1. The fourth-order valence-corrected chi connectivity index (χ4v) is 4.04. The number of hydrogen-bond donors (Lipinski definition) is 0. The molecule has 1 saturated heterocycles. The van der Waals surface area contributed by atoms with E-state index in [1.165, 1.54) is 11.6 Å². The first kappa shape index (κ1) is 21.5. The predicted molar refractivity (Wildman–Crippen MR) is 113 cm³/mol. The van der Waals surface area contributed by atoms with Crippen molar-refractivity contribution >= 4 is 5.78 Å². The molecule has 3 nitrogen and oxygen atoms in total. The molecule has 0 aliphatic carbocycles. The summed E-state index contributed by atoms with van der Waals surface area (Å²) in [6.45, 7) is 6.79. The van der Waals surface area contributed by atoms with Crippen molar-refractivity contribution in [3.05, 3.63) is 64.5 Å². The van der Waals surface area contributed by atoms with Gasteiger partial charge in [-0.15, -0.1) is 0 Å². The molecule has 4 heteroatoms. The second-order valence-corrected chi connectivity index (χ2v) is 7.84. The van der Waals surface area contributed by atoms with E-state index in [9.17, 15) is 9.18 Å². The lowest BCUT2D eigenvalue weighted by Gasteiger charge is -2.29. The predicted octanol–water partition coefficient (Wildman–Crippen LogP) is 6.02. The Morgan fingerprint density at radius 2 is 1.90 bits per heavy atom. The van der Waals surface area contributed by atoms with Crippen LogP contribution in [0.25, 0.3) is 0 Å². The zero-order chi connectivity index (χ0) is 20.8. The van der Waals surface area contributed by atoms with E-state index in [0.717, 1.165) is 37.9 Å². The first-order valence-corrected chi connectivity index (χ1v) is 10.7. The average Bonchev–Trinajstić information content (AvgIpc) is 2.73. The van der Waals surface area contributed by atoms with Crippen LogP contribution in [0.4, 0.5) is 4.39 Å². The molecule has 0 radical (unpaired) electrons. The summed E-state index contributed by atoms with van der Waals surface area (Å²) in [5.74, 6) is 0.0874. The van der Waals surface area contributed by atoms with Gasteiger partial charge in [0.1, 0.15) is 0 Å². The van der Waals surface area contributed by atoms with Gasteiger partial charge in [0, 0.05) is 17.9 Å². The van der Waals surface area contributed by atoms with E-state index in [2.05, 4.69) is 19.1 Å². The van der Waals surface area contributed by atoms with E-state index >= 15 is 0 Å². The van der Waals surface area contributed by atoms with Gasteiger partial charge >= 0.3 is 0 Å². The molecule has 1 aliphatic heterocycles. The van der Waals surface area contributed by atoms with E-state index < -0.39 is 5.82 Å². The van der Waals surface area contributed by atoms with Gasteiger partial charge in [0.25, 0.3) is 0 Å². The maximum Gasteiger partial charge on any atom is 0.168 e. The Morgan fingerprint density at radius 3 is 2.52 bits per heavy atom. The van der Waals surface area contributed by atoms with Crippen LogP contribution in [-0.4, -0.2) is 25.1 Å². The Kier molecular flexibility index (Phi) is 7.43. The van der Waals surface area contributed by atoms with E-state index in [4.69, 9.17) is 9.47 Å². The molecule has 29 heavy (non-hydrogen) atoms. The number of rotatable bonds is 8. The van der Waals surface area contributed by atoms with Crippen LogP contribution in [0.15, 0.2) is 36.4 Å². The summed E-state index contributed by atoms with van der Waals surface area (Å²) in [7, 11) is 0. The molecular weight excluding hydrogens is 367 g/mol. The maximum absolute atomic E-state index is 14.4. The molecule has 2 aromatic carbocycles. The lowest BCUT2D eigenvalue weighted by Crippen LogP contribution is -2.24. The van der Waals surface area contributed by atoms with Gasteiger partial charge in [-0.25, -0.2) is 4.39 Å². The summed E-state index contributed by atoms with van der Waals surface area (Å²) in [5, 5.41) is 0. The van der Waals surface area contributed by atoms with Gasteiger partial charge in [0.2, 0.25) is 0 Å². The Balaban J connectivity index is 1.63. The molecule has 1 fully saturated rings. The third-order valence-corrected chi connectivity index (χ3v) is 5.75. The van der Waals surface area contributed by atoms with Crippen molar-refractivity contribution in [3.8, 4) is 5.75 Å². The molecule has 0 saturated carbocycles. The molecule has 0 amide bonds. The Labute approximate surface area is 173 Å². The molecule has 2 unspecified atom stereocenters. The average molecular weight is 399 g/mol. The smallest absolute Gasteiger partial charge is 0.168 e. The van der Waals surface area contributed by atoms with Crippen molar-refractivity contribution in [2.24, 2.45) is 0 Å². The minimum atomic E-state index is -0.452. The van der Waals surface area contributed by atoms with Crippen LogP contribution in [0, 0.1) is 12.7 Å². The highest BCUT2D eigenvalue weighted by atomic mass is 19.1. The lowest BCUT2D eigenvalue weighted by atomic mass is 9.89. The van der Waals surface area contributed by atoms with E-state index in [-0.39, 0.29) is 18.0 Å². The highest BCUT2D eigenvalue weighted by Crippen LogP contribution is 2.30. The number of ether oxygens (including phenoxy) is 2. The SMILES string of the molecule is CCCC1CCC(c2ccc(CC(=O)c3ccc(OCC)c(F)c3C)cc2)CO1. The lowest BCUT2D eigenvalue weighted by molar-refractivity contribution is -0.00111. The molecule has 2 aromatic rings. The highest BCUT2D eigenvalue weighted by molar-refractivity contribution is 5.99. The first-order chi connectivity index (χ1) is 14.0. The third-order valence-electron chi connectivity index (χ3n) is 5.75. The topological polar surface area (TPSA) is 35.5 Å². The van der Waals surface area contributed by atoms with Gasteiger partial charge < -0.3 is 9.47 Å². The summed E-state index contributed by atoms with van der Waals surface area (Å²) < 4.78 is 25.6. The van der Waals surface area contributed by atoms with E-state index in [0.29, 0.717) is 29.8 Å². The van der Waals surface area contributed by atoms with Crippen LogP contribution in [0.1, 0.15) is 72.5 Å². The third kappa shape index (κ3) is 5.24. The molecule has 0 bridgehead atoms. The fourth-order valence-electron chi connectivity index (χ4n) is 4.04. The minimum absolute atomic E-state index is 0.0828. The van der Waals surface area contributed by atoms with Crippen molar-refractivity contribution in [1.29, 1.82) is 0 Å². The minimum Gasteiger partial charge on any atom is -0.491 e. The number of halogens is 1. The van der Waals surface area contributed by atoms with E-state index in [1.807, 2.05) is 12.1 Å². The van der Waals surface area contributed by atoms with Crippen LogP contribution < -0.4 is 4.74 Å². The molecule has 1 heterocycles. The molecule has 2 atom stereocenters. The summed E-state index contributed by atoms with van der Waals surface area (Å²) in [4.78, 5) is 12.7. The number of ketones is 1. The van der Waals surface area contributed by atoms with Crippen molar-refractivity contribution in [2.75, 3.05) is 13.2 Å². The summed E-state index contributed by atoms with van der Waals surface area (Å²) in [6, 6.07) is 11.4. The van der Waals surface area contributed by atoms with Crippen LogP contribution in [0.5, 0.6) is 5.75 Å². The van der Waals surface area contributed by atoms with Crippen molar-refractivity contribution < 1.29 is 18.7 Å². The number of Topliss-reactive ketones (excluding diaryl/α,β-unsaturated/α-hetero) is 1. The molecule has 3 rings (SSSR count). The van der Waals surface area contributed by atoms with Crippen LogP contribution in [-0.2, 0) is 11.2 Å². The summed E-state index contributed by atoms with van der Waals surface area (Å²) in [6.07, 6.45) is 5.23. The zero-order valence-electron chi connectivity index (χ0n) is 17.7. The highest BCUT2D eigenvalue weighted by Gasteiger charge is 2.22. The second kappa shape index (κ2) is 10.0. The van der Waals surface area contributed by atoms with Crippen molar-refractivity contribution in [3.63, 3.8) is 0 Å². The number of carbonyl (C=O) groups is 1. The normalized spacial score (nSPS) is 19.2. The molecule has 0 aromatic heterocycles. The van der Waals surface area contributed by atoms with Crippen molar-refractivity contribution in [2.45, 2.75) is 64.9 Å². The van der Waals surface area contributed by atoms with Crippen molar-refractivity contribution in [1.82, 2.24) is 0 Å².